The molecule has 0 saturated carbocycles. The van der Waals surface area contributed by atoms with Crippen molar-refractivity contribution in [2.45, 2.75) is 96.8 Å². The van der Waals surface area contributed by atoms with Crippen molar-refractivity contribution in [3.63, 3.8) is 0 Å². The fourth-order valence-electron chi connectivity index (χ4n) is 3.62. The molecule has 30 heavy (non-hydrogen) atoms. The molecule has 1 aromatic carbocycles. The minimum Gasteiger partial charge on any atom is -0.334 e. The Hall–Kier alpha value is -1.46. The van der Waals surface area contributed by atoms with Gasteiger partial charge in [0, 0.05) is 17.4 Å². The molecule has 0 aliphatic carbocycles. The highest BCUT2D eigenvalue weighted by Crippen LogP contribution is 2.23. The summed E-state index contributed by atoms with van der Waals surface area (Å²) in [7, 11) is 0. The third-order valence-electron chi connectivity index (χ3n) is 5.40. The molecule has 2 aromatic rings. The van der Waals surface area contributed by atoms with Crippen LogP contribution in [0.15, 0.2) is 35.7 Å². The van der Waals surface area contributed by atoms with Gasteiger partial charge in [-0.15, -0.1) is 11.3 Å². The number of aromatic nitrogens is 1. The zero-order valence-electron chi connectivity index (χ0n) is 18.4. The number of unbranched alkanes of at least 4 members (excludes halogenated alkanes) is 12. The van der Waals surface area contributed by atoms with Crippen molar-refractivity contribution in [1.29, 1.82) is 0 Å². The Morgan fingerprint density at radius 2 is 1.40 bits per heavy atom. The Balaban J connectivity index is 1.54. The zero-order valence-corrected chi connectivity index (χ0v) is 20.1. The number of carbonyl (C=O) groups excluding carboxylic acids is 1. The minimum absolute atomic E-state index is 0.204. The number of carbonyl (C=O) groups is 1. The fourth-order valence-corrected chi connectivity index (χ4v) is 4.57. The van der Waals surface area contributed by atoms with Gasteiger partial charge in [-0.2, -0.15) is 4.73 Å². The second-order valence-electron chi connectivity index (χ2n) is 8.00. The number of thiazole rings is 1. The first-order valence-corrected chi connectivity index (χ1v) is 13.0. The predicted octanol–water partition coefficient (Wildman–Crippen LogP) is 8.38. The van der Waals surface area contributed by atoms with Crippen LogP contribution in [0.1, 0.15) is 96.8 Å². The molecule has 0 aliphatic rings. The number of hydrogen-bond acceptors (Lipinski definition) is 4. The summed E-state index contributed by atoms with van der Waals surface area (Å²) in [6, 6.07) is 9.89. The van der Waals surface area contributed by atoms with Gasteiger partial charge in [0.1, 0.15) is 5.69 Å². The lowest BCUT2D eigenvalue weighted by molar-refractivity contribution is -0.144. The maximum absolute atomic E-state index is 12.3. The molecule has 0 fully saturated rings. The summed E-state index contributed by atoms with van der Waals surface area (Å²) >= 11 is 6.75. The van der Waals surface area contributed by atoms with Crippen LogP contribution in [0.2, 0.25) is 0 Å². The SMILES string of the molecule is CCCCCCCCCCCCCCCC(=O)On1c(-c2ccccc2)csc1=S. The van der Waals surface area contributed by atoms with E-state index < -0.39 is 0 Å². The maximum Gasteiger partial charge on any atom is 0.333 e. The fraction of sp³-hybridized carbons (Fsp3) is 0.600. The Morgan fingerprint density at radius 1 is 0.867 bits per heavy atom. The quantitative estimate of drug-likeness (QED) is 0.191. The average Bonchev–Trinajstić information content (AvgIpc) is 3.12. The van der Waals surface area contributed by atoms with E-state index >= 15 is 0 Å². The van der Waals surface area contributed by atoms with Gasteiger partial charge in [0.2, 0.25) is 0 Å². The molecule has 0 saturated heterocycles. The summed E-state index contributed by atoms with van der Waals surface area (Å²) in [5.41, 5.74) is 1.84. The summed E-state index contributed by atoms with van der Waals surface area (Å²) in [5.74, 6) is -0.204. The van der Waals surface area contributed by atoms with Crippen molar-refractivity contribution >= 4 is 29.5 Å². The Labute approximate surface area is 191 Å². The van der Waals surface area contributed by atoms with Crippen molar-refractivity contribution in [2.24, 2.45) is 0 Å². The van der Waals surface area contributed by atoms with E-state index in [1.165, 1.54) is 86.7 Å². The Bertz CT molecular complexity index is 767. The molecule has 0 unspecified atom stereocenters. The first-order valence-electron chi connectivity index (χ1n) is 11.7. The van der Waals surface area contributed by atoms with Crippen LogP contribution in [0.3, 0.4) is 0 Å². The third kappa shape index (κ3) is 9.57. The lowest BCUT2D eigenvalue weighted by Crippen LogP contribution is -2.20. The normalized spacial score (nSPS) is 11.0. The molecule has 166 valence electrons. The molecule has 3 nitrogen and oxygen atoms in total. The first-order chi connectivity index (χ1) is 14.7. The van der Waals surface area contributed by atoms with Crippen molar-refractivity contribution in [1.82, 2.24) is 4.73 Å². The summed E-state index contributed by atoms with van der Waals surface area (Å²) in [6.45, 7) is 2.27. The number of nitrogens with zero attached hydrogens (tertiary/aromatic N) is 1. The lowest BCUT2D eigenvalue weighted by Gasteiger charge is -2.09. The zero-order chi connectivity index (χ0) is 21.4. The molecule has 0 atom stereocenters. The lowest BCUT2D eigenvalue weighted by atomic mass is 10.0. The monoisotopic (exact) mass is 447 g/mol. The van der Waals surface area contributed by atoms with E-state index in [1.54, 1.807) is 0 Å². The van der Waals surface area contributed by atoms with E-state index in [-0.39, 0.29) is 5.97 Å². The molecule has 0 amide bonds. The van der Waals surface area contributed by atoms with Gasteiger partial charge >= 0.3 is 5.97 Å². The number of hydrogen-bond donors (Lipinski definition) is 0. The summed E-state index contributed by atoms with van der Waals surface area (Å²) in [4.78, 5) is 17.8. The molecular formula is C25H37NO2S2. The summed E-state index contributed by atoms with van der Waals surface area (Å²) < 4.78 is 2.06. The van der Waals surface area contributed by atoms with Crippen LogP contribution in [-0.4, -0.2) is 10.7 Å². The van der Waals surface area contributed by atoms with Crippen molar-refractivity contribution in [2.75, 3.05) is 0 Å². The van der Waals surface area contributed by atoms with Gasteiger partial charge in [-0.05, 0) is 18.6 Å². The molecule has 1 heterocycles. The second-order valence-corrected chi connectivity index (χ2v) is 9.51. The highest BCUT2D eigenvalue weighted by Gasteiger charge is 2.12. The molecule has 0 radical (unpaired) electrons. The largest absolute Gasteiger partial charge is 0.334 e. The standard InChI is InChI=1S/C25H37NO2S2/c1-2-3-4-5-6-7-8-9-10-11-12-13-17-20-24(27)28-26-23(21-30-25(26)29)22-18-15-14-16-19-22/h14-16,18-19,21H,2-13,17,20H2,1H3. The van der Waals surface area contributed by atoms with Gasteiger partial charge in [0.15, 0.2) is 3.95 Å². The average molecular weight is 448 g/mol. The molecule has 0 bridgehead atoms. The number of benzene rings is 1. The van der Waals surface area contributed by atoms with E-state index in [1.807, 2.05) is 35.7 Å². The van der Waals surface area contributed by atoms with Crippen LogP contribution in [0, 0.1) is 3.95 Å². The highest BCUT2D eigenvalue weighted by molar-refractivity contribution is 7.73. The molecule has 0 N–H and O–H groups in total. The van der Waals surface area contributed by atoms with Crippen LogP contribution in [-0.2, 0) is 4.79 Å². The van der Waals surface area contributed by atoms with Gasteiger partial charge in [-0.25, -0.2) is 4.79 Å². The van der Waals surface area contributed by atoms with E-state index in [0.29, 0.717) is 10.4 Å². The van der Waals surface area contributed by atoms with Crippen molar-refractivity contribution in [3.05, 3.63) is 39.7 Å². The molecule has 2 rings (SSSR count). The van der Waals surface area contributed by atoms with Gasteiger partial charge in [0.25, 0.3) is 0 Å². The molecular weight excluding hydrogens is 410 g/mol. The van der Waals surface area contributed by atoms with E-state index in [0.717, 1.165) is 24.1 Å². The van der Waals surface area contributed by atoms with Gasteiger partial charge < -0.3 is 4.84 Å². The summed E-state index contributed by atoms with van der Waals surface area (Å²) in [5, 5.41) is 1.94. The van der Waals surface area contributed by atoms with Gasteiger partial charge in [0.05, 0.1) is 0 Å². The second kappa shape index (κ2) is 15.4. The van der Waals surface area contributed by atoms with Crippen LogP contribution in [0.5, 0.6) is 0 Å². The van der Waals surface area contributed by atoms with Crippen LogP contribution < -0.4 is 4.84 Å². The van der Waals surface area contributed by atoms with Crippen LogP contribution in [0.25, 0.3) is 11.3 Å². The van der Waals surface area contributed by atoms with Crippen LogP contribution >= 0.6 is 23.6 Å². The van der Waals surface area contributed by atoms with E-state index in [4.69, 9.17) is 17.1 Å². The highest BCUT2D eigenvalue weighted by atomic mass is 32.1. The van der Waals surface area contributed by atoms with Gasteiger partial charge in [-0.3, -0.25) is 0 Å². The minimum atomic E-state index is -0.204. The Kier molecular flexibility index (Phi) is 12.7. The Morgan fingerprint density at radius 3 is 1.97 bits per heavy atom. The maximum atomic E-state index is 12.3. The smallest absolute Gasteiger partial charge is 0.333 e. The predicted molar refractivity (Wildman–Crippen MR) is 130 cm³/mol. The summed E-state index contributed by atoms with van der Waals surface area (Å²) in [6.07, 6.45) is 17.3. The topological polar surface area (TPSA) is 31.2 Å². The first kappa shape index (κ1) is 24.8. The van der Waals surface area contributed by atoms with E-state index in [2.05, 4.69) is 6.92 Å². The molecule has 5 heteroatoms. The van der Waals surface area contributed by atoms with Crippen LogP contribution in [0.4, 0.5) is 0 Å². The third-order valence-corrected chi connectivity index (χ3v) is 6.57. The van der Waals surface area contributed by atoms with Crippen molar-refractivity contribution in [3.8, 4) is 11.3 Å². The molecule has 0 spiro atoms. The van der Waals surface area contributed by atoms with E-state index in [9.17, 15) is 4.79 Å². The van der Waals surface area contributed by atoms with Crippen molar-refractivity contribution < 1.29 is 9.63 Å². The molecule has 1 aromatic heterocycles. The number of rotatable bonds is 16. The van der Waals surface area contributed by atoms with Gasteiger partial charge in [-0.1, -0.05) is 114 Å². The molecule has 0 aliphatic heterocycles.